The minimum atomic E-state index is -0.322. The summed E-state index contributed by atoms with van der Waals surface area (Å²) in [5.41, 5.74) is 3.38. The molecule has 0 aliphatic carbocycles. The van der Waals surface area contributed by atoms with Gasteiger partial charge in [-0.2, -0.15) is 0 Å². The van der Waals surface area contributed by atoms with Crippen molar-refractivity contribution in [3.05, 3.63) is 87.1 Å². The largest absolute Gasteiger partial charge is 0.494 e. The number of thiophene rings is 1. The van der Waals surface area contributed by atoms with Crippen LogP contribution in [0, 0.1) is 0 Å². The molecule has 2 heterocycles. The lowest BCUT2D eigenvalue weighted by molar-refractivity contribution is 0.0923. The van der Waals surface area contributed by atoms with E-state index in [2.05, 4.69) is 0 Å². The van der Waals surface area contributed by atoms with E-state index in [0.29, 0.717) is 31.7 Å². The molecule has 4 rings (SSSR count). The van der Waals surface area contributed by atoms with Gasteiger partial charge in [-0.05, 0) is 48.7 Å². The predicted molar refractivity (Wildman–Crippen MR) is 116 cm³/mol. The molecule has 0 saturated heterocycles. The van der Waals surface area contributed by atoms with Gasteiger partial charge in [0.1, 0.15) is 12.4 Å². The van der Waals surface area contributed by atoms with E-state index in [1.165, 1.54) is 11.3 Å². The van der Waals surface area contributed by atoms with Crippen molar-refractivity contribution in [2.75, 3.05) is 13.2 Å². The average molecular weight is 422 g/mol. The van der Waals surface area contributed by atoms with Crippen LogP contribution >= 0.6 is 11.3 Å². The lowest BCUT2D eigenvalue weighted by Crippen LogP contribution is -2.36. The van der Waals surface area contributed by atoms with Gasteiger partial charge in [0.15, 0.2) is 5.78 Å². The van der Waals surface area contributed by atoms with E-state index in [1.807, 2.05) is 54.8 Å². The van der Waals surface area contributed by atoms with Gasteiger partial charge in [0, 0.05) is 27.9 Å². The van der Waals surface area contributed by atoms with Crippen LogP contribution in [0.3, 0.4) is 0 Å². The summed E-state index contributed by atoms with van der Waals surface area (Å²) in [7, 11) is 0. The zero-order valence-electron chi connectivity index (χ0n) is 16.8. The number of rotatable bonds is 6. The lowest BCUT2D eigenvalue weighted by Gasteiger charge is -2.26. The summed E-state index contributed by atoms with van der Waals surface area (Å²) in [4.78, 5) is 28.2. The average Bonchev–Trinajstić information content (AvgIpc) is 3.21. The molecule has 0 spiro atoms. The highest BCUT2D eigenvalue weighted by molar-refractivity contribution is 7.10. The smallest absolute Gasteiger partial charge is 0.410 e. The van der Waals surface area contributed by atoms with Gasteiger partial charge in [0.05, 0.1) is 13.2 Å². The molecule has 0 fully saturated rings. The standard InChI is InChI=1S/C24H23NO4S/c1-2-28-19-10-8-18(9-11-19)23(26)21-16-30-22-14-25(13-12-20(21)22)24(27)29-15-17-6-4-3-5-7-17/h3-11,16H,2,12-15H2,1H3. The summed E-state index contributed by atoms with van der Waals surface area (Å²) in [6.45, 7) is 3.80. The van der Waals surface area contributed by atoms with Crippen molar-refractivity contribution in [3.63, 3.8) is 0 Å². The molecular formula is C24H23NO4S. The van der Waals surface area contributed by atoms with Crippen molar-refractivity contribution in [3.8, 4) is 5.75 Å². The van der Waals surface area contributed by atoms with Crippen LogP contribution < -0.4 is 4.74 Å². The van der Waals surface area contributed by atoms with Crippen molar-refractivity contribution in [1.29, 1.82) is 0 Å². The Labute approximate surface area is 179 Å². The fourth-order valence-corrected chi connectivity index (χ4v) is 4.60. The molecule has 5 nitrogen and oxygen atoms in total. The summed E-state index contributed by atoms with van der Waals surface area (Å²) in [6.07, 6.45) is 0.328. The van der Waals surface area contributed by atoms with Crippen LogP contribution in [-0.2, 0) is 24.3 Å². The molecule has 0 atom stereocenters. The van der Waals surface area contributed by atoms with Gasteiger partial charge in [-0.3, -0.25) is 4.79 Å². The highest BCUT2D eigenvalue weighted by Gasteiger charge is 2.27. The number of nitrogens with zero attached hydrogens (tertiary/aromatic N) is 1. The highest BCUT2D eigenvalue weighted by Crippen LogP contribution is 2.31. The number of carbonyl (C=O) groups is 2. The van der Waals surface area contributed by atoms with E-state index in [9.17, 15) is 9.59 Å². The number of ether oxygens (including phenoxy) is 2. The quantitative estimate of drug-likeness (QED) is 0.521. The Hall–Kier alpha value is -3.12. The first-order valence-electron chi connectivity index (χ1n) is 9.98. The number of hydrogen-bond acceptors (Lipinski definition) is 5. The Morgan fingerprint density at radius 2 is 1.83 bits per heavy atom. The minimum Gasteiger partial charge on any atom is -0.494 e. The third-order valence-corrected chi connectivity index (χ3v) is 6.10. The molecule has 6 heteroatoms. The summed E-state index contributed by atoms with van der Waals surface area (Å²) >= 11 is 1.53. The molecule has 1 aromatic heterocycles. The van der Waals surface area contributed by atoms with Crippen molar-refractivity contribution < 1.29 is 19.1 Å². The number of fused-ring (bicyclic) bond motifs is 1. The van der Waals surface area contributed by atoms with Crippen molar-refractivity contribution in [1.82, 2.24) is 4.90 Å². The maximum absolute atomic E-state index is 13.0. The van der Waals surface area contributed by atoms with Gasteiger partial charge >= 0.3 is 6.09 Å². The summed E-state index contributed by atoms with van der Waals surface area (Å²) < 4.78 is 10.9. The van der Waals surface area contributed by atoms with Crippen molar-refractivity contribution >= 4 is 23.2 Å². The van der Waals surface area contributed by atoms with Crippen LogP contribution in [0.15, 0.2) is 60.0 Å². The van der Waals surface area contributed by atoms with E-state index in [1.54, 1.807) is 17.0 Å². The number of carbonyl (C=O) groups excluding carboxylic acids is 2. The molecule has 3 aromatic rings. The molecule has 30 heavy (non-hydrogen) atoms. The first-order chi connectivity index (χ1) is 14.7. The third-order valence-electron chi connectivity index (χ3n) is 5.08. The third kappa shape index (κ3) is 4.39. The fourth-order valence-electron chi connectivity index (χ4n) is 3.51. The van der Waals surface area contributed by atoms with Crippen molar-refractivity contribution in [2.24, 2.45) is 0 Å². The van der Waals surface area contributed by atoms with Crippen LogP contribution in [0.2, 0.25) is 0 Å². The second-order valence-corrected chi connectivity index (χ2v) is 8.01. The van der Waals surface area contributed by atoms with Gasteiger partial charge < -0.3 is 14.4 Å². The number of ketones is 1. The second-order valence-electron chi connectivity index (χ2n) is 7.05. The van der Waals surface area contributed by atoms with Gasteiger partial charge in [-0.15, -0.1) is 11.3 Å². The Morgan fingerprint density at radius 3 is 2.57 bits per heavy atom. The summed E-state index contributed by atoms with van der Waals surface area (Å²) in [5.74, 6) is 0.765. The van der Waals surface area contributed by atoms with E-state index < -0.39 is 0 Å². The molecule has 154 valence electrons. The molecule has 2 aromatic carbocycles. The zero-order chi connectivity index (χ0) is 20.9. The van der Waals surface area contributed by atoms with Gasteiger partial charge in [-0.25, -0.2) is 4.79 Å². The highest BCUT2D eigenvalue weighted by atomic mass is 32.1. The molecule has 1 amide bonds. The summed E-state index contributed by atoms with van der Waals surface area (Å²) in [5, 5.41) is 1.91. The monoisotopic (exact) mass is 421 g/mol. The van der Waals surface area contributed by atoms with Crippen molar-refractivity contribution in [2.45, 2.75) is 26.5 Å². The van der Waals surface area contributed by atoms with Gasteiger partial charge in [0.2, 0.25) is 0 Å². The minimum absolute atomic E-state index is 0.00986. The molecule has 0 unspecified atom stereocenters. The van der Waals surface area contributed by atoms with E-state index in [0.717, 1.165) is 27.3 Å². The normalized spacial score (nSPS) is 12.9. The van der Waals surface area contributed by atoms with Crippen LogP contribution in [-0.4, -0.2) is 29.9 Å². The number of benzene rings is 2. The topological polar surface area (TPSA) is 55.8 Å². The molecule has 0 bridgehead atoms. The molecular weight excluding hydrogens is 398 g/mol. The maximum atomic E-state index is 13.0. The molecule has 0 N–H and O–H groups in total. The summed E-state index contributed by atoms with van der Waals surface area (Å²) in [6, 6.07) is 16.9. The molecule has 0 radical (unpaired) electrons. The first-order valence-corrected chi connectivity index (χ1v) is 10.9. The maximum Gasteiger partial charge on any atom is 0.410 e. The van der Waals surface area contributed by atoms with Crippen LogP contribution in [0.4, 0.5) is 4.79 Å². The SMILES string of the molecule is CCOc1ccc(C(=O)c2csc3c2CCN(C(=O)OCc2ccccc2)C3)cc1. The van der Waals surface area contributed by atoms with Gasteiger partial charge in [-0.1, -0.05) is 30.3 Å². The lowest BCUT2D eigenvalue weighted by atomic mass is 9.97. The number of hydrogen-bond donors (Lipinski definition) is 0. The predicted octanol–water partition coefficient (Wildman–Crippen LogP) is 5.07. The second kappa shape index (κ2) is 9.13. The van der Waals surface area contributed by atoms with Gasteiger partial charge in [0.25, 0.3) is 0 Å². The Balaban J connectivity index is 1.41. The van der Waals surface area contributed by atoms with E-state index >= 15 is 0 Å². The fraction of sp³-hybridized carbons (Fsp3) is 0.250. The molecule has 1 aliphatic heterocycles. The van der Waals surface area contributed by atoms with Crippen LogP contribution in [0.5, 0.6) is 5.75 Å². The Morgan fingerprint density at radius 1 is 1.07 bits per heavy atom. The Bertz CT molecular complexity index is 1030. The molecule has 0 saturated carbocycles. The zero-order valence-corrected chi connectivity index (χ0v) is 17.6. The first kappa shape index (κ1) is 20.2. The van der Waals surface area contributed by atoms with E-state index in [4.69, 9.17) is 9.47 Å². The van der Waals surface area contributed by atoms with E-state index in [-0.39, 0.29) is 18.5 Å². The van der Waals surface area contributed by atoms with Crippen LogP contribution in [0.1, 0.15) is 38.8 Å². The molecule has 1 aliphatic rings. The van der Waals surface area contributed by atoms with Crippen LogP contribution in [0.25, 0.3) is 0 Å². The number of amides is 1. The Kier molecular flexibility index (Phi) is 6.14.